The molecule has 176 valence electrons. The summed E-state index contributed by atoms with van der Waals surface area (Å²) < 4.78 is 7.17. The van der Waals surface area contributed by atoms with Crippen molar-refractivity contribution in [3.63, 3.8) is 0 Å². The number of ether oxygens (including phenoxy) is 1. The first kappa shape index (κ1) is 22.9. The molecule has 1 aliphatic rings. The number of hydrazone groups is 1. The standard InChI is InChI=1S/C28H24ClN3O3/c1-17-5-4-6-22(13-17)32-27(33)15-21(30-32)14-24-18(2)31(26-12-11-23(35-3)16-25(24)26)28(34)19-7-9-20(29)10-8-19/h4-13,16H,14-15H2,1-3H3. The lowest BCUT2D eigenvalue weighted by Gasteiger charge is -2.11. The van der Waals surface area contributed by atoms with Crippen LogP contribution in [0.15, 0.2) is 71.8 Å². The summed E-state index contributed by atoms with van der Waals surface area (Å²) in [6.07, 6.45) is 0.680. The van der Waals surface area contributed by atoms with Crippen LogP contribution in [-0.4, -0.2) is 29.2 Å². The van der Waals surface area contributed by atoms with Crippen molar-refractivity contribution in [1.82, 2.24) is 4.57 Å². The van der Waals surface area contributed by atoms with Gasteiger partial charge in [0.05, 0.1) is 30.4 Å². The molecule has 0 spiro atoms. The van der Waals surface area contributed by atoms with Crippen molar-refractivity contribution >= 4 is 45.7 Å². The SMILES string of the molecule is COc1ccc2c(c1)c(CC1=NN(c3cccc(C)c3)C(=O)C1)c(C)n2C(=O)c1ccc(Cl)cc1. The monoisotopic (exact) mass is 485 g/mol. The molecule has 1 aliphatic heterocycles. The summed E-state index contributed by atoms with van der Waals surface area (Å²) in [7, 11) is 1.61. The highest BCUT2D eigenvalue weighted by molar-refractivity contribution is 6.30. The summed E-state index contributed by atoms with van der Waals surface area (Å²) in [5.74, 6) is 0.480. The molecule has 5 rings (SSSR count). The molecule has 0 saturated heterocycles. The normalized spacial score (nSPS) is 13.4. The first-order valence-corrected chi connectivity index (χ1v) is 11.7. The maximum atomic E-state index is 13.5. The highest BCUT2D eigenvalue weighted by Crippen LogP contribution is 2.32. The van der Waals surface area contributed by atoms with E-state index in [1.807, 2.05) is 56.3 Å². The first-order chi connectivity index (χ1) is 16.9. The Kier molecular flexibility index (Phi) is 5.91. The zero-order valence-corrected chi connectivity index (χ0v) is 20.5. The molecule has 0 aliphatic carbocycles. The van der Waals surface area contributed by atoms with Gasteiger partial charge in [-0.1, -0.05) is 23.7 Å². The number of carbonyl (C=O) groups is 2. The number of hydrogen-bond donors (Lipinski definition) is 0. The number of rotatable bonds is 5. The molecule has 0 N–H and O–H groups in total. The van der Waals surface area contributed by atoms with E-state index in [4.69, 9.17) is 16.3 Å². The summed E-state index contributed by atoms with van der Waals surface area (Å²) in [4.78, 5) is 26.3. The van der Waals surface area contributed by atoms with E-state index in [2.05, 4.69) is 5.10 Å². The van der Waals surface area contributed by atoms with Crippen molar-refractivity contribution in [3.8, 4) is 5.75 Å². The van der Waals surface area contributed by atoms with Crippen LogP contribution >= 0.6 is 11.6 Å². The lowest BCUT2D eigenvalue weighted by atomic mass is 10.0. The van der Waals surface area contributed by atoms with Crippen LogP contribution in [0.5, 0.6) is 5.75 Å². The lowest BCUT2D eigenvalue weighted by molar-refractivity contribution is -0.116. The number of aryl methyl sites for hydroxylation is 1. The van der Waals surface area contributed by atoms with Crippen LogP contribution in [0.25, 0.3) is 10.9 Å². The van der Waals surface area contributed by atoms with Crippen molar-refractivity contribution < 1.29 is 14.3 Å². The van der Waals surface area contributed by atoms with E-state index in [1.54, 1.807) is 35.9 Å². The molecule has 1 amide bonds. The number of amides is 1. The lowest BCUT2D eigenvalue weighted by Crippen LogP contribution is -2.19. The third kappa shape index (κ3) is 4.21. The molecule has 2 heterocycles. The highest BCUT2D eigenvalue weighted by Gasteiger charge is 2.28. The van der Waals surface area contributed by atoms with Gasteiger partial charge in [0.1, 0.15) is 5.75 Å². The number of halogens is 1. The van der Waals surface area contributed by atoms with Gasteiger partial charge in [-0.2, -0.15) is 5.10 Å². The van der Waals surface area contributed by atoms with Crippen molar-refractivity contribution in [3.05, 3.63) is 94.1 Å². The Morgan fingerprint density at radius 2 is 1.83 bits per heavy atom. The van der Waals surface area contributed by atoms with Gasteiger partial charge in [0, 0.05) is 28.1 Å². The molecule has 0 fully saturated rings. The fourth-order valence-electron chi connectivity index (χ4n) is 4.54. The van der Waals surface area contributed by atoms with Gasteiger partial charge in [-0.15, -0.1) is 0 Å². The molecule has 6 nitrogen and oxygen atoms in total. The number of hydrogen-bond acceptors (Lipinski definition) is 4. The fraction of sp³-hybridized carbons (Fsp3) is 0.179. The van der Waals surface area contributed by atoms with Crippen LogP contribution in [0.4, 0.5) is 5.69 Å². The number of anilines is 1. The molecule has 0 atom stereocenters. The van der Waals surface area contributed by atoms with Crippen LogP contribution in [-0.2, 0) is 11.2 Å². The second-order valence-electron chi connectivity index (χ2n) is 8.66. The van der Waals surface area contributed by atoms with Crippen molar-refractivity contribution in [2.75, 3.05) is 12.1 Å². The van der Waals surface area contributed by atoms with Crippen LogP contribution in [0.1, 0.15) is 33.6 Å². The molecule has 0 radical (unpaired) electrons. The van der Waals surface area contributed by atoms with E-state index in [1.165, 1.54) is 5.01 Å². The van der Waals surface area contributed by atoms with Gasteiger partial charge in [-0.05, 0) is 79.6 Å². The second kappa shape index (κ2) is 9.04. The topological polar surface area (TPSA) is 63.9 Å². The number of benzene rings is 3. The first-order valence-electron chi connectivity index (χ1n) is 11.3. The number of methoxy groups -OCH3 is 1. The Bertz CT molecular complexity index is 1500. The Morgan fingerprint density at radius 3 is 2.54 bits per heavy atom. The van der Waals surface area contributed by atoms with E-state index in [0.29, 0.717) is 22.8 Å². The minimum Gasteiger partial charge on any atom is -0.497 e. The quantitative estimate of drug-likeness (QED) is 0.351. The molecule has 0 bridgehead atoms. The smallest absolute Gasteiger partial charge is 0.262 e. The van der Waals surface area contributed by atoms with Crippen LogP contribution in [0.3, 0.4) is 0 Å². The summed E-state index contributed by atoms with van der Waals surface area (Å²) in [6.45, 7) is 3.91. The van der Waals surface area contributed by atoms with Gasteiger partial charge in [-0.3, -0.25) is 14.2 Å². The van der Waals surface area contributed by atoms with Gasteiger partial charge < -0.3 is 4.74 Å². The molecule has 7 heteroatoms. The molecule has 4 aromatic rings. The minimum absolute atomic E-state index is 0.0678. The van der Waals surface area contributed by atoms with Gasteiger partial charge in [-0.25, -0.2) is 5.01 Å². The number of nitrogens with zero attached hydrogens (tertiary/aromatic N) is 3. The Balaban J connectivity index is 1.58. The van der Waals surface area contributed by atoms with Crippen molar-refractivity contribution in [2.45, 2.75) is 26.7 Å². The third-order valence-corrected chi connectivity index (χ3v) is 6.55. The molecule has 1 aromatic heterocycles. The van der Waals surface area contributed by atoms with E-state index in [9.17, 15) is 9.59 Å². The average Bonchev–Trinajstić information content (AvgIpc) is 3.35. The molecule has 0 saturated carbocycles. The molecule has 3 aromatic carbocycles. The number of carbonyl (C=O) groups excluding carboxylic acids is 2. The highest BCUT2D eigenvalue weighted by atomic mass is 35.5. The largest absolute Gasteiger partial charge is 0.497 e. The molecule has 0 unspecified atom stereocenters. The predicted molar refractivity (Wildman–Crippen MR) is 139 cm³/mol. The second-order valence-corrected chi connectivity index (χ2v) is 9.10. The van der Waals surface area contributed by atoms with Crippen LogP contribution in [0, 0.1) is 13.8 Å². The van der Waals surface area contributed by atoms with Crippen molar-refractivity contribution in [2.24, 2.45) is 5.10 Å². The Labute approximate surface area is 208 Å². The Hall–Kier alpha value is -3.90. The van der Waals surface area contributed by atoms with Crippen LogP contribution < -0.4 is 9.75 Å². The maximum Gasteiger partial charge on any atom is 0.262 e. The molecular weight excluding hydrogens is 462 g/mol. The minimum atomic E-state index is -0.147. The van der Waals surface area contributed by atoms with E-state index < -0.39 is 0 Å². The summed E-state index contributed by atoms with van der Waals surface area (Å²) >= 11 is 6.02. The summed E-state index contributed by atoms with van der Waals surface area (Å²) in [5.41, 5.74) is 5.63. The number of fused-ring (bicyclic) bond motifs is 1. The van der Waals surface area contributed by atoms with E-state index in [-0.39, 0.29) is 18.2 Å². The third-order valence-electron chi connectivity index (χ3n) is 6.30. The zero-order chi connectivity index (χ0) is 24.7. The van der Waals surface area contributed by atoms with Crippen LogP contribution in [0.2, 0.25) is 5.02 Å². The van der Waals surface area contributed by atoms with E-state index >= 15 is 0 Å². The number of aromatic nitrogens is 1. The van der Waals surface area contributed by atoms with Crippen molar-refractivity contribution in [1.29, 1.82) is 0 Å². The van der Waals surface area contributed by atoms with Gasteiger partial charge in [0.25, 0.3) is 11.8 Å². The summed E-state index contributed by atoms with van der Waals surface area (Å²) in [5, 5.41) is 7.59. The van der Waals surface area contributed by atoms with Gasteiger partial charge in [0.2, 0.25) is 0 Å². The average molecular weight is 486 g/mol. The zero-order valence-electron chi connectivity index (χ0n) is 19.7. The molecule has 35 heavy (non-hydrogen) atoms. The maximum absolute atomic E-state index is 13.5. The van der Waals surface area contributed by atoms with Gasteiger partial charge >= 0.3 is 0 Å². The Morgan fingerprint density at radius 1 is 1.06 bits per heavy atom. The predicted octanol–water partition coefficient (Wildman–Crippen LogP) is 5.94. The molecular formula is C28H24ClN3O3. The van der Waals surface area contributed by atoms with Gasteiger partial charge in [0.15, 0.2) is 0 Å². The fourth-order valence-corrected chi connectivity index (χ4v) is 4.67. The summed E-state index contributed by atoms with van der Waals surface area (Å²) in [6, 6.07) is 20.2. The van der Waals surface area contributed by atoms with E-state index in [0.717, 1.165) is 39.1 Å².